The number of ether oxygens (including phenoxy) is 2. The van der Waals surface area contributed by atoms with Gasteiger partial charge in [0.15, 0.2) is 11.6 Å². The Morgan fingerprint density at radius 2 is 1.64 bits per heavy atom. The van der Waals surface area contributed by atoms with Crippen molar-refractivity contribution >= 4 is 23.2 Å². The zero-order valence-electron chi connectivity index (χ0n) is 16.0. The summed E-state index contributed by atoms with van der Waals surface area (Å²) in [5.41, 5.74) is 2.83. The molecule has 0 fully saturated rings. The van der Waals surface area contributed by atoms with Crippen LogP contribution in [0.25, 0.3) is 0 Å². The lowest BCUT2D eigenvalue weighted by Crippen LogP contribution is -2.15. The van der Waals surface area contributed by atoms with Crippen LogP contribution < -0.4 is 20.1 Å². The smallest absolute Gasteiger partial charge is 0.229 e. The molecule has 0 aliphatic heterocycles. The van der Waals surface area contributed by atoms with E-state index in [-0.39, 0.29) is 12.3 Å². The van der Waals surface area contributed by atoms with Gasteiger partial charge in [-0.1, -0.05) is 29.8 Å². The van der Waals surface area contributed by atoms with Crippen molar-refractivity contribution in [1.82, 2.24) is 10.2 Å². The van der Waals surface area contributed by atoms with E-state index in [0.717, 1.165) is 16.8 Å². The third kappa shape index (κ3) is 4.97. The van der Waals surface area contributed by atoms with Crippen LogP contribution in [-0.2, 0) is 11.2 Å². The Hall–Kier alpha value is -3.61. The van der Waals surface area contributed by atoms with Crippen LogP contribution in [0.3, 0.4) is 0 Å². The standard InChI is InChI=1S/C21H22N4O3/c1-14-4-6-15(7-5-14)12-21(26)23-20-11-10-19(24-25-20)22-17-9-8-16(27-2)13-18(17)28-3/h4-11,13H,12H2,1-3H3,(H,22,24)(H,23,25,26). The molecule has 0 saturated carbocycles. The number of carbonyl (C=O) groups is 1. The molecule has 0 spiro atoms. The molecule has 1 heterocycles. The summed E-state index contributed by atoms with van der Waals surface area (Å²) in [6.45, 7) is 2.01. The number of amides is 1. The Morgan fingerprint density at radius 1 is 0.929 bits per heavy atom. The summed E-state index contributed by atoms with van der Waals surface area (Å²) in [6, 6.07) is 16.7. The maximum atomic E-state index is 12.2. The molecular formula is C21H22N4O3. The van der Waals surface area contributed by atoms with Gasteiger partial charge in [0.2, 0.25) is 5.91 Å². The van der Waals surface area contributed by atoms with Gasteiger partial charge in [-0.05, 0) is 36.8 Å². The fourth-order valence-electron chi connectivity index (χ4n) is 2.58. The molecule has 2 aromatic carbocycles. The average molecular weight is 378 g/mol. The van der Waals surface area contributed by atoms with Gasteiger partial charge in [0.05, 0.1) is 26.3 Å². The lowest BCUT2D eigenvalue weighted by Gasteiger charge is -2.12. The van der Waals surface area contributed by atoms with Gasteiger partial charge in [0, 0.05) is 6.07 Å². The quantitative estimate of drug-likeness (QED) is 0.652. The highest BCUT2D eigenvalue weighted by Crippen LogP contribution is 2.30. The second-order valence-electron chi connectivity index (χ2n) is 6.21. The van der Waals surface area contributed by atoms with Crippen LogP contribution >= 0.6 is 0 Å². The molecule has 0 bridgehead atoms. The van der Waals surface area contributed by atoms with Crippen LogP contribution in [-0.4, -0.2) is 30.3 Å². The fourth-order valence-corrected chi connectivity index (χ4v) is 2.58. The highest BCUT2D eigenvalue weighted by Gasteiger charge is 2.08. The predicted octanol–water partition coefficient (Wildman–Crippen LogP) is 3.73. The van der Waals surface area contributed by atoms with E-state index in [9.17, 15) is 4.79 Å². The third-order valence-corrected chi connectivity index (χ3v) is 4.09. The minimum Gasteiger partial charge on any atom is -0.497 e. The monoisotopic (exact) mass is 378 g/mol. The molecule has 0 radical (unpaired) electrons. The number of methoxy groups -OCH3 is 2. The van der Waals surface area contributed by atoms with Crippen molar-refractivity contribution in [2.45, 2.75) is 13.3 Å². The Bertz CT molecular complexity index is 941. The van der Waals surface area contributed by atoms with Crippen LogP contribution in [0.5, 0.6) is 11.5 Å². The van der Waals surface area contributed by atoms with Crippen molar-refractivity contribution in [2.75, 3.05) is 24.9 Å². The Morgan fingerprint density at radius 3 is 2.29 bits per heavy atom. The summed E-state index contributed by atoms with van der Waals surface area (Å²) in [6.07, 6.45) is 0.283. The Kier molecular flexibility index (Phi) is 6.06. The summed E-state index contributed by atoms with van der Waals surface area (Å²) >= 11 is 0. The first kappa shape index (κ1) is 19.2. The van der Waals surface area contributed by atoms with Crippen LogP contribution in [0.1, 0.15) is 11.1 Å². The van der Waals surface area contributed by atoms with Crippen molar-refractivity contribution in [2.24, 2.45) is 0 Å². The number of nitrogens with one attached hydrogen (secondary N) is 2. The molecule has 0 unspecified atom stereocenters. The molecule has 7 heteroatoms. The fraction of sp³-hybridized carbons (Fsp3) is 0.190. The Labute approximate surface area is 163 Å². The van der Waals surface area contributed by atoms with Crippen molar-refractivity contribution in [3.63, 3.8) is 0 Å². The lowest BCUT2D eigenvalue weighted by atomic mass is 10.1. The number of aromatic nitrogens is 2. The average Bonchev–Trinajstić information content (AvgIpc) is 2.71. The summed E-state index contributed by atoms with van der Waals surface area (Å²) in [5.74, 6) is 2.09. The first-order valence-electron chi connectivity index (χ1n) is 8.75. The van der Waals surface area contributed by atoms with Crippen LogP contribution in [0.4, 0.5) is 17.3 Å². The van der Waals surface area contributed by atoms with Gasteiger partial charge in [0.1, 0.15) is 11.5 Å². The van der Waals surface area contributed by atoms with E-state index in [2.05, 4.69) is 20.8 Å². The second kappa shape index (κ2) is 8.85. The molecule has 1 amide bonds. The topological polar surface area (TPSA) is 85.4 Å². The third-order valence-electron chi connectivity index (χ3n) is 4.09. The predicted molar refractivity (Wildman–Crippen MR) is 108 cm³/mol. The van der Waals surface area contributed by atoms with E-state index in [1.807, 2.05) is 43.3 Å². The van der Waals surface area contributed by atoms with Crippen molar-refractivity contribution in [3.8, 4) is 11.5 Å². The van der Waals surface area contributed by atoms with Gasteiger partial charge < -0.3 is 20.1 Å². The van der Waals surface area contributed by atoms with Crippen molar-refractivity contribution in [1.29, 1.82) is 0 Å². The molecule has 3 aromatic rings. The maximum Gasteiger partial charge on any atom is 0.229 e. The van der Waals surface area contributed by atoms with Crippen LogP contribution in [0.15, 0.2) is 54.6 Å². The van der Waals surface area contributed by atoms with E-state index < -0.39 is 0 Å². The highest BCUT2D eigenvalue weighted by molar-refractivity contribution is 5.91. The molecule has 0 saturated heterocycles. The molecular weight excluding hydrogens is 356 g/mol. The van der Waals surface area contributed by atoms with Gasteiger partial charge in [-0.25, -0.2) is 0 Å². The van der Waals surface area contributed by atoms with E-state index in [0.29, 0.717) is 23.1 Å². The summed E-state index contributed by atoms with van der Waals surface area (Å²) in [7, 11) is 3.18. The number of benzene rings is 2. The molecule has 0 atom stereocenters. The number of hydrogen-bond acceptors (Lipinski definition) is 6. The molecule has 3 rings (SSSR count). The van der Waals surface area contributed by atoms with E-state index in [1.54, 1.807) is 32.4 Å². The molecule has 1 aromatic heterocycles. The van der Waals surface area contributed by atoms with Gasteiger partial charge in [-0.2, -0.15) is 0 Å². The molecule has 7 nitrogen and oxygen atoms in total. The summed E-state index contributed by atoms with van der Waals surface area (Å²) < 4.78 is 10.5. The van der Waals surface area contributed by atoms with Gasteiger partial charge in [-0.15, -0.1) is 10.2 Å². The van der Waals surface area contributed by atoms with Gasteiger partial charge >= 0.3 is 0 Å². The van der Waals surface area contributed by atoms with Gasteiger partial charge in [0.25, 0.3) is 0 Å². The first-order chi connectivity index (χ1) is 13.6. The minimum absolute atomic E-state index is 0.143. The largest absolute Gasteiger partial charge is 0.497 e. The normalized spacial score (nSPS) is 10.2. The van der Waals surface area contributed by atoms with E-state index in [4.69, 9.17) is 9.47 Å². The number of rotatable bonds is 7. The number of nitrogens with zero attached hydrogens (tertiary/aromatic N) is 2. The van der Waals surface area contributed by atoms with Gasteiger partial charge in [-0.3, -0.25) is 4.79 Å². The van der Waals surface area contributed by atoms with E-state index >= 15 is 0 Å². The second-order valence-corrected chi connectivity index (χ2v) is 6.21. The molecule has 0 aliphatic rings. The number of anilines is 3. The zero-order valence-corrected chi connectivity index (χ0v) is 16.0. The number of hydrogen-bond donors (Lipinski definition) is 2. The molecule has 0 aliphatic carbocycles. The van der Waals surface area contributed by atoms with Crippen LogP contribution in [0.2, 0.25) is 0 Å². The van der Waals surface area contributed by atoms with Crippen molar-refractivity contribution in [3.05, 3.63) is 65.7 Å². The maximum absolute atomic E-state index is 12.2. The lowest BCUT2D eigenvalue weighted by molar-refractivity contribution is -0.115. The Balaban J connectivity index is 1.62. The highest BCUT2D eigenvalue weighted by atomic mass is 16.5. The minimum atomic E-state index is -0.143. The molecule has 28 heavy (non-hydrogen) atoms. The number of carbonyl (C=O) groups excluding carboxylic acids is 1. The van der Waals surface area contributed by atoms with Crippen LogP contribution in [0, 0.1) is 6.92 Å². The molecule has 144 valence electrons. The van der Waals surface area contributed by atoms with E-state index in [1.165, 1.54) is 0 Å². The summed E-state index contributed by atoms with van der Waals surface area (Å²) in [5, 5.41) is 14.0. The SMILES string of the molecule is COc1ccc(Nc2ccc(NC(=O)Cc3ccc(C)cc3)nn2)c(OC)c1. The van der Waals surface area contributed by atoms with Crippen molar-refractivity contribution < 1.29 is 14.3 Å². The molecule has 2 N–H and O–H groups in total. The summed E-state index contributed by atoms with van der Waals surface area (Å²) in [4.78, 5) is 12.2. The number of aryl methyl sites for hydroxylation is 1. The zero-order chi connectivity index (χ0) is 19.9. The first-order valence-corrected chi connectivity index (χ1v) is 8.75.